The minimum Gasteiger partial charge on any atom is -0.364 e. The number of carbonyl (C=O) groups is 1. The summed E-state index contributed by atoms with van der Waals surface area (Å²) in [5.41, 5.74) is 5.04. The lowest BCUT2D eigenvalue weighted by atomic mass is 10.1. The smallest absolute Gasteiger partial charge is 0.268 e. The van der Waals surface area contributed by atoms with Crippen LogP contribution in [0.5, 0.6) is 0 Å². The summed E-state index contributed by atoms with van der Waals surface area (Å²) in [5.74, 6) is -1.97. The number of nitrogens with two attached hydrogens (primary N) is 1. The van der Waals surface area contributed by atoms with E-state index in [1.54, 1.807) is 6.92 Å². The molecule has 0 fully saturated rings. The van der Waals surface area contributed by atoms with Crippen LogP contribution in [0.2, 0.25) is 0 Å². The maximum Gasteiger partial charge on any atom is 0.268 e. The van der Waals surface area contributed by atoms with E-state index < -0.39 is 23.6 Å². The first kappa shape index (κ1) is 12.2. The second kappa shape index (κ2) is 4.56. The van der Waals surface area contributed by atoms with E-state index in [1.165, 1.54) is 35.3 Å². The van der Waals surface area contributed by atoms with Crippen LogP contribution >= 0.6 is 0 Å². The minimum atomic E-state index is -0.685. The van der Waals surface area contributed by atoms with Gasteiger partial charge in [0, 0.05) is 11.8 Å². The molecule has 0 radical (unpaired) electrons. The molecule has 2 aromatic rings. The molecule has 1 aromatic carbocycles. The quantitative estimate of drug-likeness (QED) is 0.905. The molecule has 0 aliphatic rings. The van der Waals surface area contributed by atoms with E-state index >= 15 is 0 Å². The average Bonchev–Trinajstić information content (AvgIpc) is 2.77. The fourth-order valence-corrected chi connectivity index (χ4v) is 1.73. The molecule has 0 bridgehead atoms. The molecule has 18 heavy (non-hydrogen) atoms. The predicted molar refractivity (Wildman–Crippen MR) is 60.9 cm³/mol. The van der Waals surface area contributed by atoms with Crippen LogP contribution in [0.15, 0.2) is 30.7 Å². The Morgan fingerprint density at radius 1 is 1.39 bits per heavy atom. The maximum absolute atomic E-state index is 13.6. The summed E-state index contributed by atoms with van der Waals surface area (Å²) in [4.78, 5) is 14.7. The minimum absolute atomic E-state index is 0.0543. The normalized spacial score (nSPS) is 12.4. The first-order valence-corrected chi connectivity index (χ1v) is 5.28. The Balaban J connectivity index is 2.41. The van der Waals surface area contributed by atoms with E-state index in [2.05, 4.69) is 4.98 Å². The third-order valence-electron chi connectivity index (χ3n) is 2.72. The van der Waals surface area contributed by atoms with Gasteiger partial charge in [-0.25, -0.2) is 13.8 Å². The topological polar surface area (TPSA) is 60.9 Å². The Labute approximate surface area is 102 Å². The van der Waals surface area contributed by atoms with Gasteiger partial charge in [-0.15, -0.1) is 0 Å². The summed E-state index contributed by atoms with van der Waals surface area (Å²) < 4.78 is 28.6. The number of nitrogens with zero attached hydrogens (tertiary/aromatic N) is 2. The lowest BCUT2D eigenvalue weighted by molar-refractivity contribution is 0.0996. The van der Waals surface area contributed by atoms with Crippen LogP contribution in [0.4, 0.5) is 8.78 Å². The molecule has 0 aliphatic carbocycles. The molecular weight excluding hydrogens is 240 g/mol. The van der Waals surface area contributed by atoms with Gasteiger partial charge in [-0.2, -0.15) is 0 Å². The monoisotopic (exact) mass is 251 g/mol. The van der Waals surface area contributed by atoms with E-state index in [-0.39, 0.29) is 11.3 Å². The number of hydrogen-bond donors (Lipinski definition) is 1. The number of aromatic nitrogens is 2. The first-order chi connectivity index (χ1) is 8.50. The van der Waals surface area contributed by atoms with Crippen molar-refractivity contribution in [3.63, 3.8) is 0 Å². The van der Waals surface area contributed by atoms with Gasteiger partial charge in [0.25, 0.3) is 5.91 Å². The van der Waals surface area contributed by atoms with E-state index in [1.807, 2.05) is 0 Å². The van der Waals surface area contributed by atoms with Crippen molar-refractivity contribution in [1.29, 1.82) is 0 Å². The molecule has 6 heteroatoms. The number of hydrogen-bond acceptors (Lipinski definition) is 2. The third kappa shape index (κ3) is 2.09. The number of imidazole rings is 1. The molecule has 0 saturated carbocycles. The van der Waals surface area contributed by atoms with Gasteiger partial charge in [0.05, 0.1) is 12.4 Å². The Morgan fingerprint density at radius 3 is 2.50 bits per heavy atom. The predicted octanol–water partition coefficient (Wildman–Crippen LogP) is 1.87. The van der Waals surface area contributed by atoms with Gasteiger partial charge in [0.2, 0.25) is 0 Å². The van der Waals surface area contributed by atoms with Gasteiger partial charge in [0.15, 0.2) is 0 Å². The van der Waals surface area contributed by atoms with Gasteiger partial charge in [-0.3, -0.25) is 4.79 Å². The molecule has 2 N–H and O–H groups in total. The van der Waals surface area contributed by atoms with Gasteiger partial charge in [-0.05, 0) is 19.1 Å². The van der Waals surface area contributed by atoms with Gasteiger partial charge in [-0.1, -0.05) is 6.07 Å². The Hall–Kier alpha value is -2.24. The molecule has 0 spiro atoms. The SMILES string of the molecule is CC(c1c(F)cccc1F)n1cnc(C(N)=O)c1. The van der Waals surface area contributed by atoms with Crippen molar-refractivity contribution in [2.24, 2.45) is 5.73 Å². The van der Waals surface area contributed by atoms with Gasteiger partial charge in [0.1, 0.15) is 17.3 Å². The van der Waals surface area contributed by atoms with Crippen LogP contribution in [-0.2, 0) is 0 Å². The molecule has 1 unspecified atom stereocenters. The van der Waals surface area contributed by atoms with E-state index in [0.29, 0.717) is 0 Å². The number of amides is 1. The Kier molecular flexibility index (Phi) is 3.10. The van der Waals surface area contributed by atoms with Crippen molar-refractivity contribution < 1.29 is 13.6 Å². The molecule has 0 aliphatic heterocycles. The molecule has 94 valence electrons. The fourth-order valence-electron chi connectivity index (χ4n) is 1.73. The van der Waals surface area contributed by atoms with Crippen molar-refractivity contribution >= 4 is 5.91 Å². The molecule has 2 rings (SSSR count). The molecule has 4 nitrogen and oxygen atoms in total. The van der Waals surface area contributed by atoms with Crippen molar-refractivity contribution in [2.75, 3.05) is 0 Å². The second-order valence-electron chi connectivity index (χ2n) is 3.88. The van der Waals surface area contributed by atoms with Gasteiger partial charge < -0.3 is 10.3 Å². The highest BCUT2D eigenvalue weighted by molar-refractivity contribution is 5.90. The van der Waals surface area contributed by atoms with Crippen molar-refractivity contribution in [2.45, 2.75) is 13.0 Å². The third-order valence-corrected chi connectivity index (χ3v) is 2.72. The maximum atomic E-state index is 13.6. The summed E-state index contributed by atoms with van der Waals surface area (Å²) in [6, 6.07) is 3.04. The van der Waals surface area contributed by atoms with Crippen LogP contribution in [-0.4, -0.2) is 15.5 Å². The fraction of sp³-hybridized carbons (Fsp3) is 0.167. The lowest BCUT2D eigenvalue weighted by Gasteiger charge is -2.14. The van der Waals surface area contributed by atoms with Crippen LogP contribution < -0.4 is 5.73 Å². The van der Waals surface area contributed by atoms with Gasteiger partial charge >= 0.3 is 0 Å². The van der Waals surface area contributed by atoms with Crippen LogP contribution in [0.3, 0.4) is 0 Å². The van der Waals surface area contributed by atoms with Crippen LogP contribution in [0.25, 0.3) is 0 Å². The number of rotatable bonds is 3. The van der Waals surface area contributed by atoms with Crippen LogP contribution in [0, 0.1) is 11.6 Å². The van der Waals surface area contributed by atoms with E-state index in [4.69, 9.17) is 5.73 Å². The highest BCUT2D eigenvalue weighted by Gasteiger charge is 2.18. The molecule has 1 heterocycles. The molecule has 1 amide bonds. The van der Waals surface area contributed by atoms with E-state index in [0.717, 1.165) is 0 Å². The number of halogens is 2. The Morgan fingerprint density at radius 2 is 2.00 bits per heavy atom. The average molecular weight is 251 g/mol. The zero-order valence-electron chi connectivity index (χ0n) is 9.60. The Bertz CT molecular complexity index is 575. The number of carbonyl (C=O) groups excluding carboxylic acids is 1. The zero-order chi connectivity index (χ0) is 13.3. The first-order valence-electron chi connectivity index (χ1n) is 5.28. The molecule has 1 atom stereocenters. The zero-order valence-corrected chi connectivity index (χ0v) is 9.60. The molecule has 0 saturated heterocycles. The standard InChI is InChI=1S/C12H11F2N3O/c1-7(11-8(13)3-2-4-9(11)14)17-5-10(12(15)18)16-6-17/h2-7H,1H3,(H2,15,18). The summed E-state index contributed by atoms with van der Waals surface area (Å²) in [5, 5.41) is 0. The number of benzene rings is 1. The second-order valence-corrected chi connectivity index (χ2v) is 3.88. The summed E-state index contributed by atoms with van der Waals surface area (Å²) in [6.45, 7) is 1.61. The molecular formula is C12H11F2N3O. The highest BCUT2D eigenvalue weighted by Crippen LogP contribution is 2.23. The van der Waals surface area contributed by atoms with E-state index in [9.17, 15) is 13.6 Å². The number of primary amides is 1. The summed E-state index contributed by atoms with van der Waals surface area (Å²) in [6.07, 6.45) is 2.68. The largest absolute Gasteiger partial charge is 0.364 e. The molecule has 1 aromatic heterocycles. The van der Waals surface area contributed by atoms with Crippen molar-refractivity contribution in [3.05, 3.63) is 53.6 Å². The van der Waals surface area contributed by atoms with Crippen molar-refractivity contribution in [3.8, 4) is 0 Å². The van der Waals surface area contributed by atoms with Crippen LogP contribution in [0.1, 0.15) is 29.0 Å². The lowest BCUT2D eigenvalue weighted by Crippen LogP contribution is -2.12. The summed E-state index contributed by atoms with van der Waals surface area (Å²) in [7, 11) is 0. The van der Waals surface area contributed by atoms with Crippen molar-refractivity contribution in [1.82, 2.24) is 9.55 Å². The summed E-state index contributed by atoms with van der Waals surface area (Å²) >= 11 is 0. The highest BCUT2D eigenvalue weighted by atomic mass is 19.1.